The Bertz CT molecular complexity index is 635. The van der Waals surface area contributed by atoms with Crippen LogP contribution in [0.4, 0.5) is 0 Å². The summed E-state index contributed by atoms with van der Waals surface area (Å²) in [6.07, 6.45) is 1.40. The Labute approximate surface area is 124 Å². The Balaban J connectivity index is 2.23. The first-order chi connectivity index (χ1) is 10.0. The summed E-state index contributed by atoms with van der Waals surface area (Å²) in [5, 5.41) is 19.1. The van der Waals surface area contributed by atoms with Crippen LogP contribution < -0.4 is 9.47 Å². The van der Waals surface area contributed by atoms with Gasteiger partial charge in [0.15, 0.2) is 0 Å². The van der Waals surface area contributed by atoms with Crippen LogP contribution in [0.25, 0.3) is 0 Å². The summed E-state index contributed by atoms with van der Waals surface area (Å²) in [6, 6.07) is 8.49. The van der Waals surface area contributed by atoms with Crippen LogP contribution in [0.2, 0.25) is 0 Å². The maximum Gasteiger partial charge on any atom is 0.126 e. The molecule has 0 atom stereocenters. The van der Waals surface area contributed by atoms with Gasteiger partial charge < -0.3 is 19.7 Å². The second kappa shape index (κ2) is 6.39. The third-order valence-corrected chi connectivity index (χ3v) is 3.57. The minimum Gasteiger partial charge on any atom is -0.508 e. The molecule has 2 aromatic rings. The normalized spacial score (nSPS) is 10.4. The molecule has 0 unspecified atom stereocenters. The first kappa shape index (κ1) is 15.0. The van der Waals surface area contributed by atoms with Crippen molar-refractivity contribution < 1.29 is 19.7 Å². The van der Waals surface area contributed by atoms with Crippen molar-refractivity contribution in [2.45, 2.75) is 19.8 Å². The van der Waals surface area contributed by atoms with Crippen LogP contribution in [0.15, 0.2) is 30.3 Å². The largest absolute Gasteiger partial charge is 0.508 e. The molecule has 0 aliphatic heterocycles. The molecule has 2 rings (SSSR count). The van der Waals surface area contributed by atoms with Gasteiger partial charge in [-0.2, -0.15) is 0 Å². The van der Waals surface area contributed by atoms with Gasteiger partial charge in [0.25, 0.3) is 0 Å². The van der Waals surface area contributed by atoms with Crippen LogP contribution in [-0.2, 0) is 12.8 Å². The summed E-state index contributed by atoms with van der Waals surface area (Å²) in [6.45, 7) is 2.01. The average Bonchev–Trinajstić information content (AvgIpc) is 2.46. The Hall–Kier alpha value is -2.36. The van der Waals surface area contributed by atoms with Gasteiger partial charge in [-0.15, -0.1) is 0 Å². The van der Waals surface area contributed by atoms with E-state index >= 15 is 0 Å². The Morgan fingerprint density at radius 1 is 0.952 bits per heavy atom. The van der Waals surface area contributed by atoms with Crippen molar-refractivity contribution in [2.75, 3.05) is 14.2 Å². The topological polar surface area (TPSA) is 58.9 Å². The molecule has 4 heteroatoms. The summed E-state index contributed by atoms with van der Waals surface area (Å²) in [4.78, 5) is 0. The van der Waals surface area contributed by atoms with Gasteiger partial charge in [-0.25, -0.2) is 0 Å². The lowest BCUT2D eigenvalue weighted by molar-refractivity contribution is 0.390. The number of methoxy groups -OCH3 is 2. The molecule has 2 N–H and O–H groups in total. The molecule has 0 fully saturated rings. The molecule has 0 saturated heterocycles. The van der Waals surface area contributed by atoms with Crippen LogP contribution >= 0.6 is 0 Å². The third kappa shape index (κ3) is 3.40. The number of phenolic OH excluding ortho intramolecular Hbond substituents is 2. The SMILES string of the molecule is COc1cc(C)c(CCc2ccc(O)cc2O)c(OC)c1. The first-order valence-corrected chi connectivity index (χ1v) is 6.77. The minimum absolute atomic E-state index is 0.0643. The summed E-state index contributed by atoms with van der Waals surface area (Å²) in [7, 11) is 3.26. The van der Waals surface area contributed by atoms with E-state index in [9.17, 15) is 10.2 Å². The maximum atomic E-state index is 9.84. The number of hydrogen-bond acceptors (Lipinski definition) is 4. The zero-order valence-electron chi connectivity index (χ0n) is 12.5. The molecule has 0 spiro atoms. The lowest BCUT2D eigenvalue weighted by atomic mass is 9.98. The number of benzene rings is 2. The van der Waals surface area contributed by atoms with E-state index in [-0.39, 0.29) is 11.5 Å². The predicted molar refractivity (Wildman–Crippen MR) is 81.5 cm³/mol. The number of aromatic hydroxyl groups is 2. The zero-order chi connectivity index (χ0) is 15.4. The Morgan fingerprint density at radius 3 is 2.33 bits per heavy atom. The lowest BCUT2D eigenvalue weighted by Crippen LogP contribution is -2.00. The number of hydrogen-bond donors (Lipinski definition) is 2. The molecule has 112 valence electrons. The fourth-order valence-electron chi connectivity index (χ4n) is 2.40. The predicted octanol–water partition coefficient (Wildman–Crippen LogP) is 3.21. The van der Waals surface area contributed by atoms with Crippen molar-refractivity contribution in [3.05, 3.63) is 47.0 Å². The fourth-order valence-corrected chi connectivity index (χ4v) is 2.40. The van der Waals surface area contributed by atoms with E-state index in [2.05, 4.69) is 0 Å². The maximum absolute atomic E-state index is 9.84. The van der Waals surface area contributed by atoms with E-state index < -0.39 is 0 Å². The summed E-state index contributed by atoms with van der Waals surface area (Å²) >= 11 is 0. The highest BCUT2D eigenvalue weighted by atomic mass is 16.5. The molecule has 0 aromatic heterocycles. The molecular weight excluding hydrogens is 268 g/mol. The smallest absolute Gasteiger partial charge is 0.126 e. The van der Waals surface area contributed by atoms with E-state index in [1.54, 1.807) is 26.4 Å². The van der Waals surface area contributed by atoms with Crippen molar-refractivity contribution in [2.24, 2.45) is 0 Å². The molecule has 0 amide bonds. The Morgan fingerprint density at radius 2 is 1.71 bits per heavy atom. The van der Waals surface area contributed by atoms with Crippen LogP contribution in [0.5, 0.6) is 23.0 Å². The van der Waals surface area contributed by atoms with Gasteiger partial charge in [0.1, 0.15) is 23.0 Å². The van der Waals surface area contributed by atoms with Crippen molar-refractivity contribution >= 4 is 0 Å². The average molecular weight is 288 g/mol. The van der Waals surface area contributed by atoms with Crippen molar-refractivity contribution in [1.82, 2.24) is 0 Å². The van der Waals surface area contributed by atoms with Crippen LogP contribution in [0, 0.1) is 6.92 Å². The summed E-state index contributed by atoms with van der Waals surface area (Å²) in [5.41, 5.74) is 2.97. The number of aryl methyl sites for hydroxylation is 2. The standard InChI is InChI=1S/C17H20O4/c1-11-8-14(20-2)10-17(21-3)15(11)7-5-12-4-6-13(18)9-16(12)19/h4,6,8-10,18-19H,5,7H2,1-3H3. The van der Waals surface area contributed by atoms with E-state index in [1.165, 1.54) is 6.07 Å². The minimum atomic E-state index is 0.0643. The first-order valence-electron chi connectivity index (χ1n) is 6.77. The molecule has 0 heterocycles. The van der Waals surface area contributed by atoms with Crippen molar-refractivity contribution in [1.29, 1.82) is 0 Å². The van der Waals surface area contributed by atoms with Gasteiger partial charge in [-0.1, -0.05) is 6.07 Å². The van der Waals surface area contributed by atoms with Gasteiger partial charge in [0.05, 0.1) is 14.2 Å². The molecule has 4 nitrogen and oxygen atoms in total. The van der Waals surface area contributed by atoms with Gasteiger partial charge >= 0.3 is 0 Å². The highest BCUT2D eigenvalue weighted by molar-refractivity contribution is 5.47. The van der Waals surface area contributed by atoms with Gasteiger partial charge in [-0.3, -0.25) is 0 Å². The van der Waals surface area contributed by atoms with E-state index in [0.29, 0.717) is 6.42 Å². The highest BCUT2D eigenvalue weighted by Gasteiger charge is 2.11. The van der Waals surface area contributed by atoms with Crippen LogP contribution in [-0.4, -0.2) is 24.4 Å². The summed E-state index contributed by atoms with van der Waals surface area (Å²) in [5.74, 6) is 1.72. The Kier molecular flexibility index (Phi) is 4.58. The lowest BCUT2D eigenvalue weighted by Gasteiger charge is -2.14. The van der Waals surface area contributed by atoms with E-state index in [4.69, 9.17) is 9.47 Å². The third-order valence-electron chi connectivity index (χ3n) is 3.57. The highest BCUT2D eigenvalue weighted by Crippen LogP contribution is 2.31. The number of ether oxygens (including phenoxy) is 2. The molecule has 21 heavy (non-hydrogen) atoms. The van der Waals surface area contributed by atoms with Gasteiger partial charge in [0.2, 0.25) is 0 Å². The van der Waals surface area contributed by atoms with E-state index in [0.717, 1.165) is 34.6 Å². The van der Waals surface area contributed by atoms with Gasteiger partial charge in [0, 0.05) is 12.1 Å². The molecule has 2 aromatic carbocycles. The van der Waals surface area contributed by atoms with Gasteiger partial charge in [-0.05, 0) is 48.6 Å². The fraction of sp³-hybridized carbons (Fsp3) is 0.294. The molecule has 0 saturated carbocycles. The molecule has 0 aliphatic rings. The van der Waals surface area contributed by atoms with Crippen LogP contribution in [0.1, 0.15) is 16.7 Å². The monoisotopic (exact) mass is 288 g/mol. The molecule has 0 radical (unpaired) electrons. The number of phenols is 2. The van der Waals surface area contributed by atoms with Crippen molar-refractivity contribution in [3.8, 4) is 23.0 Å². The zero-order valence-corrected chi connectivity index (χ0v) is 12.5. The molecule has 0 bridgehead atoms. The molecule has 0 aliphatic carbocycles. The van der Waals surface area contributed by atoms with Crippen molar-refractivity contribution in [3.63, 3.8) is 0 Å². The molecular formula is C17H20O4. The second-order valence-corrected chi connectivity index (χ2v) is 4.94. The van der Waals surface area contributed by atoms with Crippen LogP contribution in [0.3, 0.4) is 0 Å². The van der Waals surface area contributed by atoms with E-state index in [1.807, 2.05) is 19.1 Å². The number of rotatable bonds is 5. The second-order valence-electron chi connectivity index (χ2n) is 4.94. The summed E-state index contributed by atoms with van der Waals surface area (Å²) < 4.78 is 10.7. The quantitative estimate of drug-likeness (QED) is 0.887.